The zero-order valence-corrected chi connectivity index (χ0v) is 13.8. The molecule has 0 N–H and O–H groups in total. The normalized spacial score (nSPS) is 11.4. The van der Waals surface area contributed by atoms with Gasteiger partial charge in [0, 0.05) is 5.69 Å². The van der Waals surface area contributed by atoms with Crippen LogP contribution in [0.5, 0.6) is 0 Å². The first kappa shape index (κ1) is 17.3. The average Bonchev–Trinajstić information content (AvgIpc) is 3.01. The van der Waals surface area contributed by atoms with Gasteiger partial charge in [0.1, 0.15) is 16.5 Å². The number of nitrogens with zero attached hydrogens (tertiary/aromatic N) is 1. The van der Waals surface area contributed by atoms with Crippen molar-refractivity contribution in [2.45, 2.75) is 12.2 Å². The van der Waals surface area contributed by atoms with Crippen molar-refractivity contribution >= 4 is 10.7 Å². The smallest absolute Gasteiger partial charge is 0.278 e. The number of rotatable bonds is 5. The number of alkyl halides is 2. The first-order valence-electron chi connectivity index (χ1n) is 7.42. The molecule has 25 heavy (non-hydrogen) atoms. The molecule has 3 rings (SSSR count). The molecule has 130 valence electrons. The zero-order valence-electron chi connectivity index (χ0n) is 12.9. The van der Waals surface area contributed by atoms with Crippen LogP contribution < -0.4 is 0 Å². The highest BCUT2D eigenvalue weighted by molar-refractivity contribution is 7.71. The van der Waals surface area contributed by atoms with Crippen molar-refractivity contribution in [2.75, 3.05) is 0 Å². The van der Waals surface area contributed by atoms with Crippen LogP contribution in [0.2, 0.25) is 0 Å². The molecule has 1 heterocycles. The van der Waals surface area contributed by atoms with Crippen LogP contribution >= 0.6 is 0 Å². The lowest BCUT2D eigenvalue weighted by Crippen LogP contribution is -2.02. The molecule has 0 saturated heterocycles. The monoisotopic (exact) mass is 365 g/mol. The van der Waals surface area contributed by atoms with Crippen molar-refractivity contribution in [1.82, 2.24) is 4.57 Å². The molecule has 0 unspecified atom stereocenters. The Kier molecular flexibility index (Phi) is 4.94. The molecule has 1 aromatic heterocycles. The van der Waals surface area contributed by atoms with E-state index in [0.29, 0.717) is 22.5 Å². The van der Waals surface area contributed by atoms with E-state index in [4.69, 9.17) is 0 Å². The Morgan fingerprint density at radius 1 is 0.880 bits per heavy atom. The molecule has 2 aromatic carbocycles. The topological polar surface area (TPSA) is 39.1 Å². The number of halogens is 3. The van der Waals surface area contributed by atoms with Crippen molar-refractivity contribution in [3.63, 3.8) is 0 Å². The van der Waals surface area contributed by atoms with Crippen molar-refractivity contribution in [3.05, 3.63) is 77.7 Å². The first-order chi connectivity index (χ1) is 12.0. The summed E-state index contributed by atoms with van der Waals surface area (Å²) >= 11 is 0. The van der Waals surface area contributed by atoms with Gasteiger partial charge in [-0.25, -0.2) is 21.6 Å². The SMILES string of the molecule is O=[SH](=O)Cc1ccc(-c2ccc(C(F)F)n2-c2ccc(F)cc2)cc1. The predicted octanol–water partition coefficient (Wildman–Crippen LogP) is 4.33. The minimum atomic E-state index is -2.69. The van der Waals surface area contributed by atoms with Crippen molar-refractivity contribution in [3.8, 4) is 16.9 Å². The van der Waals surface area contributed by atoms with Crippen molar-refractivity contribution in [2.24, 2.45) is 0 Å². The molecular formula is C18H14F3NO2S. The largest absolute Gasteiger partial charge is 0.308 e. The molecule has 0 bridgehead atoms. The molecule has 3 aromatic rings. The van der Waals surface area contributed by atoms with Crippen LogP contribution in [0, 0.1) is 5.82 Å². The van der Waals surface area contributed by atoms with Gasteiger partial charge in [-0.15, -0.1) is 0 Å². The number of aromatic nitrogens is 1. The third-order valence-corrected chi connectivity index (χ3v) is 4.40. The van der Waals surface area contributed by atoms with Crippen molar-refractivity contribution in [1.29, 1.82) is 0 Å². The summed E-state index contributed by atoms with van der Waals surface area (Å²) in [6, 6.07) is 14.8. The molecule has 0 radical (unpaired) electrons. The van der Waals surface area contributed by atoms with Gasteiger partial charge < -0.3 is 4.57 Å². The molecule has 0 spiro atoms. The second-order valence-electron chi connectivity index (χ2n) is 5.44. The fourth-order valence-corrected chi connectivity index (χ4v) is 3.17. The quantitative estimate of drug-likeness (QED) is 0.684. The highest BCUT2D eigenvalue weighted by Gasteiger charge is 2.18. The van der Waals surface area contributed by atoms with Crippen molar-refractivity contribution < 1.29 is 21.6 Å². The maximum absolute atomic E-state index is 13.4. The van der Waals surface area contributed by atoms with Crippen LogP contribution in [0.3, 0.4) is 0 Å². The molecule has 0 aliphatic heterocycles. The zero-order chi connectivity index (χ0) is 18.0. The predicted molar refractivity (Wildman–Crippen MR) is 90.1 cm³/mol. The molecule has 0 atom stereocenters. The van der Waals surface area contributed by atoms with E-state index in [1.54, 1.807) is 30.3 Å². The minimum Gasteiger partial charge on any atom is -0.308 e. The van der Waals surface area contributed by atoms with Crippen LogP contribution in [0.4, 0.5) is 13.2 Å². The van der Waals surface area contributed by atoms with E-state index in [-0.39, 0.29) is 11.4 Å². The minimum absolute atomic E-state index is 0.0725. The van der Waals surface area contributed by atoms with Gasteiger partial charge in [-0.1, -0.05) is 24.3 Å². The summed E-state index contributed by atoms with van der Waals surface area (Å²) < 4.78 is 62.8. The number of benzene rings is 2. The Morgan fingerprint density at radius 3 is 2.08 bits per heavy atom. The summed E-state index contributed by atoms with van der Waals surface area (Å²) in [5.74, 6) is -0.524. The molecule has 0 aliphatic carbocycles. The fourth-order valence-electron chi connectivity index (χ4n) is 2.66. The standard InChI is InChI=1S/C18H14F3NO2S/c19-14-5-7-15(8-6-14)22-16(9-10-17(22)18(20)21)13-3-1-12(2-4-13)11-25(23)24/h1-10,18,25H,11H2. The molecule has 0 fully saturated rings. The van der Waals surface area contributed by atoms with Crippen LogP contribution in [-0.2, 0) is 16.5 Å². The molecule has 3 nitrogen and oxygen atoms in total. The van der Waals surface area contributed by atoms with E-state index >= 15 is 0 Å². The second kappa shape index (κ2) is 7.14. The summed E-state index contributed by atoms with van der Waals surface area (Å²) in [5.41, 5.74) is 2.01. The summed E-state index contributed by atoms with van der Waals surface area (Å²) in [6.07, 6.45) is -2.69. The maximum Gasteiger partial charge on any atom is 0.278 e. The Labute approximate surface area is 144 Å². The van der Waals surface area contributed by atoms with Gasteiger partial charge in [-0.2, -0.15) is 0 Å². The van der Waals surface area contributed by atoms with Crippen LogP contribution in [0.1, 0.15) is 17.7 Å². The summed E-state index contributed by atoms with van der Waals surface area (Å²) in [6.45, 7) is 0. The van der Waals surface area contributed by atoms with Gasteiger partial charge in [0.2, 0.25) is 0 Å². The van der Waals surface area contributed by atoms with E-state index in [0.717, 1.165) is 0 Å². The van der Waals surface area contributed by atoms with Gasteiger partial charge in [0.15, 0.2) is 0 Å². The van der Waals surface area contributed by atoms with Gasteiger partial charge in [0.05, 0.1) is 17.1 Å². The summed E-state index contributed by atoms with van der Waals surface area (Å²) in [7, 11) is -2.53. The van der Waals surface area contributed by atoms with E-state index in [1.165, 1.54) is 34.9 Å². The highest BCUT2D eigenvalue weighted by atomic mass is 32.2. The second-order valence-corrected chi connectivity index (χ2v) is 6.43. The molecule has 7 heteroatoms. The fraction of sp³-hybridized carbons (Fsp3) is 0.111. The van der Waals surface area contributed by atoms with Gasteiger partial charge >= 0.3 is 0 Å². The Morgan fingerprint density at radius 2 is 1.52 bits per heavy atom. The highest BCUT2D eigenvalue weighted by Crippen LogP contribution is 2.31. The van der Waals surface area contributed by atoms with E-state index in [2.05, 4.69) is 0 Å². The van der Waals surface area contributed by atoms with Gasteiger partial charge in [-0.05, 0) is 47.5 Å². The number of hydrogen-bond donors (Lipinski definition) is 1. The maximum atomic E-state index is 13.4. The van der Waals surface area contributed by atoms with Gasteiger partial charge in [-0.3, -0.25) is 0 Å². The van der Waals surface area contributed by atoms with E-state index < -0.39 is 22.9 Å². The van der Waals surface area contributed by atoms with E-state index in [1.807, 2.05) is 0 Å². The molecular weight excluding hydrogens is 351 g/mol. The lowest BCUT2D eigenvalue weighted by molar-refractivity contribution is 0.144. The van der Waals surface area contributed by atoms with Crippen LogP contribution in [0.25, 0.3) is 16.9 Å². The number of hydrogen-bond acceptors (Lipinski definition) is 2. The molecule has 0 saturated carbocycles. The summed E-state index contributed by atoms with van der Waals surface area (Å²) in [5, 5.41) is 0. The third kappa shape index (κ3) is 3.76. The average molecular weight is 365 g/mol. The Balaban J connectivity index is 2.09. The van der Waals surface area contributed by atoms with Crippen LogP contribution in [-0.4, -0.2) is 13.0 Å². The number of thiol groups is 1. The third-order valence-electron chi connectivity index (χ3n) is 3.78. The van der Waals surface area contributed by atoms with Crippen LogP contribution in [0.15, 0.2) is 60.7 Å². The molecule has 0 aliphatic rings. The molecule has 0 amide bonds. The Hall–Kier alpha value is -2.54. The summed E-state index contributed by atoms with van der Waals surface area (Å²) in [4.78, 5) is 0. The first-order valence-corrected chi connectivity index (χ1v) is 8.79. The van der Waals surface area contributed by atoms with E-state index in [9.17, 15) is 21.6 Å². The lowest BCUT2D eigenvalue weighted by Gasteiger charge is -2.14. The van der Waals surface area contributed by atoms with Gasteiger partial charge in [0.25, 0.3) is 6.43 Å². The lowest BCUT2D eigenvalue weighted by atomic mass is 10.1. The Bertz CT molecular complexity index is 937.